The quantitative estimate of drug-likeness (QED) is 0.744. The van der Waals surface area contributed by atoms with E-state index in [-0.39, 0.29) is 12.6 Å². The molecule has 0 amide bonds. The van der Waals surface area contributed by atoms with E-state index in [4.69, 9.17) is 22.4 Å². The van der Waals surface area contributed by atoms with Gasteiger partial charge in [-0.2, -0.15) is 0 Å². The first-order valence-electron chi connectivity index (χ1n) is 3.71. The first-order chi connectivity index (χ1) is 5.75. The van der Waals surface area contributed by atoms with Crippen molar-refractivity contribution < 1.29 is 5.11 Å². The summed E-state index contributed by atoms with van der Waals surface area (Å²) >= 11 is 5.85. The van der Waals surface area contributed by atoms with E-state index in [0.717, 1.165) is 5.56 Å². The van der Waals surface area contributed by atoms with Crippen molar-refractivity contribution in [2.24, 2.45) is 5.73 Å². The summed E-state index contributed by atoms with van der Waals surface area (Å²) in [7, 11) is 0. The molecule has 3 nitrogen and oxygen atoms in total. The molecule has 0 aliphatic rings. The van der Waals surface area contributed by atoms with Crippen molar-refractivity contribution >= 4 is 11.6 Å². The molecule has 1 atom stereocenters. The van der Waals surface area contributed by atoms with Crippen LogP contribution in [0.4, 0.5) is 0 Å². The third kappa shape index (κ3) is 2.17. The fraction of sp³-hybridized carbons (Fsp3) is 0.375. The van der Waals surface area contributed by atoms with Crippen molar-refractivity contribution in [3.63, 3.8) is 0 Å². The average Bonchev–Trinajstić information content (AvgIpc) is 2.05. The van der Waals surface area contributed by atoms with Crippen LogP contribution in [-0.2, 0) is 0 Å². The summed E-state index contributed by atoms with van der Waals surface area (Å²) in [5, 5.41) is 9.25. The number of rotatable bonds is 3. The molecule has 0 aliphatic heterocycles. The van der Waals surface area contributed by atoms with Gasteiger partial charge < -0.3 is 10.8 Å². The molecule has 12 heavy (non-hydrogen) atoms. The first kappa shape index (κ1) is 9.45. The van der Waals surface area contributed by atoms with Gasteiger partial charge in [-0.3, -0.25) is 4.98 Å². The van der Waals surface area contributed by atoms with Gasteiger partial charge in [0.2, 0.25) is 0 Å². The van der Waals surface area contributed by atoms with E-state index in [1.54, 1.807) is 18.5 Å². The normalized spacial score (nSPS) is 12.9. The van der Waals surface area contributed by atoms with Gasteiger partial charge in [0.1, 0.15) is 0 Å². The smallest absolute Gasteiger partial charge is 0.0484 e. The average molecular weight is 187 g/mol. The van der Waals surface area contributed by atoms with Crippen molar-refractivity contribution in [1.29, 1.82) is 0 Å². The van der Waals surface area contributed by atoms with Gasteiger partial charge in [0, 0.05) is 35.6 Å². The van der Waals surface area contributed by atoms with Crippen molar-refractivity contribution in [1.82, 2.24) is 4.98 Å². The van der Waals surface area contributed by atoms with E-state index < -0.39 is 0 Å². The summed E-state index contributed by atoms with van der Waals surface area (Å²) < 4.78 is 0. The fourth-order valence-electron chi connectivity index (χ4n) is 0.957. The molecule has 4 heteroatoms. The highest BCUT2D eigenvalue weighted by atomic mass is 35.5. The molecule has 1 aromatic rings. The second kappa shape index (κ2) is 4.40. The molecule has 0 fully saturated rings. The number of pyridine rings is 1. The zero-order valence-electron chi connectivity index (χ0n) is 6.57. The van der Waals surface area contributed by atoms with Gasteiger partial charge in [-0.15, -0.1) is 0 Å². The van der Waals surface area contributed by atoms with Crippen LogP contribution in [0.2, 0.25) is 5.02 Å². The number of aliphatic hydroxyl groups is 1. The van der Waals surface area contributed by atoms with Gasteiger partial charge in [-0.05, 0) is 12.5 Å². The number of nitrogens with two attached hydrogens (primary N) is 1. The minimum absolute atomic E-state index is 0.0619. The van der Waals surface area contributed by atoms with Crippen molar-refractivity contribution in [2.75, 3.05) is 6.61 Å². The summed E-state index contributed by atoms with van der Waals surface area (Å²) in [5.41, 5.74) is 6.51. The highest BCUT2D eigenvalue weighted by Crippen LogP contribution is 2.21. The molecular weight excluding hydrogens is 176 g/mol. The Kier molecular flexibility index (Phi) is 3.47. The Morgan fingerprint density at radius 2 is 2.42 bits per heavy atom. The summed E-state index contributed by atoms with van der Waals surface area (Å²) in [5.74, 6) is 0. The molecule has 0 saturated carbocycles. The van der Waals surface area contributed by atoms with Crippen LogP contribution in [0, 0.1) is 0 Å². The number of hydrogen-bond donors (Lipinski definition) is 2. The summed E-state index contributed by atoms with van der Waals surface area (Å²) in [6.07, 6.45) is 3.74. The molecule has 0 spiro atoms. The molecule has 66 valence electrons. The van der Waals surface area contributed by atoms with Crippen molar-refractivity contribution in [3.8, 4) is 0 Å². The number of hydrogen-bond acceptors (Lipinski definition) is 3. The minimum Gasteiger partial charge on any atom is -0.396 e. The van der Waals surface area contributed by atoms with Crippen LogP contribution in [0.3, 0.4) is 0 Å². The Bertz CT molecular complexity index is 255. The predicted molar refractivity (Wildman–Crippen MR) is 47.9 cm³/mol. The van der Waals surface area contributed by atoms with E-state index in [1.165, 1.54) is 0 Å². The molecule has 1 rings (SSSR count). The van der Waals surface area contributed by atoms with E-state index in [0.29, 0.717) is 11.4 Å². The van der Waals surface area contributed by atoms with Crippen LogP contribution in [0.25, 0.3) is 0 Å². The van der Waals surface area contributed by atoms with Gasteiger partial charge in [-0.25, -0.2) is 0 Å². The van der Waals surface area contributed by atoms with Crippen LogP contribution in [0.15, 0.2) is 18.5 Å². The third-order valence-corrected chi connectivity index (χ3v) is 1.98. The predicted octanol–water partition coefficient (Wildman–Crippen LogP) is 1.12. The molecule has 0 unspecified atom stereocenters. The number of halogens is 1. The van der Waals surface area contributed by atoms with Crippen LogP contribution in [-0.4, -0.2) is 16.7 Å². The maximum absolute atomic E-state index is 8.65. The Morgan fingerprint density at radius 3 is 3.00 bits per heavy atom. The van der Waals surface area contributed by atoms with Crippen LogP contribution in [0.5, 0.6) is 0 Å². The lowest BCUT2D eigenvalue weighted by molar-refractivity contribution is 0.276. The molecule has 0 bridgehead atoms. The third-order valence-electron chi connectivity index (χ3n) is 1.64. The second-order valence-corrected chi connectivity index (χ2v) is 2.92. The van der Waals surface area contributed by atoms with Gasteiger partial charge in [0.05, 0.1) is 0 Å². The molecule has 3 N–H and O–H groups in total. The molecule has 1 aromatic heterocycles. The summed E-state index contributed by atoms with van der Waals surface area (Å²) in [4.78, 5) is 3.90. The first-order valence-corrected chi connectivity index (χ1v) is 4.09. The second-order valence-electron chi connectivity index (χ2n) is 2.52. The van der Waals surface area contributed by atoms with Crippen molar-refractivity contribution in [3.05, 3.63) is 29.0 Å². The maximum atomic E-state index is 8.65. The topological polar surface area (TPSA) is 59.1 Å². The molecule has 0 aromatic carbocycles. The zero-order valence-corrected chi connectivity index (χ0v) is 7.33. The lowest BCUT2D eigenvalue weighted by Crippen LogP contribution is -2.12. The Labute approximate surface area is 76.2 Å². The SMILES string of the molecule is N[C@@H](CCO)c1cnccc1Cl. The molecule has 0 saturated heterocycles. The van der Waals surface area contributed by atoms with Gasteiger partial charge in [0.25, 0.3) is 0 Å². The number of aliphatic hydroxyl groups excluding tert-OH is 1. The fourth-order valence-corrected chi connectivity index (χ4v) is 1.20. The largest absolute Gasteiger partial charge is 0.396 e. The lowest BCUT2D eigenvalue weighted by Gasteiger charge is -2.10. The summed E-state index contributed by atoms with van der Waals surface area (Å²) in [6.45, 7) is 0.0619. The molecule has 0 radical (unpaired) electrons. The Balaban J connectivity index is 2.79. The standard InChI is InChI=1S/C8H11ClN2O/c9-7-1-3-11-5-6(7)8(10)2-4-12/h1,3,5,8,12H,2,4,10H2/t8-/m0/s1. The van der Waals surface area contributed by atoms with E-state index in [9.17, 15) is 0 Å². The van der Waals surface area contributed by atoms with Gasteiger partial charge >= 0.3 is 0 Å². The van der Waals surface area contributed by atoms with Crippen LogP contribution < -0.4 is 5.73 Å². The van der Waals surface area contributed by atoms with E-state index in [1.807, 2.05) is 0 Å². The number of nitrogens with zero attached hydrogens (tertiary/aromatic N) is 1. The van der Waals surface area contributed by atoms with Crippen molar-refractivity contribution in [2.45, 2.75) is 12.5 Å². The maximum Gasteiger partial charge on any atom is 0.0484 e. The highest BCUT2D eigenvalue weighted by molar-refractivity contribution is 6.31. The highest BCUT2D eigenvalue weighted by Gasteiger charge is 2.08. The monoisotopic (exact) mass is 186 g/mol. The number of aromatic nitrogens is 1. The van der Waals surface area contributed by atoms with Gasteiger partial charge in [0.15, 0.2) is 0 Å². The Morgan fingerprint density at radius 1 is 1.67 bits per heavy atom. The van der Waals surface area contributed by atoms with Gasteiger partial charge in [-0.1, -0.05) is 11.6 Å². The lowest BCUT2D eigenvalue weighted by atomic mass is 10.1. The minimum atomic E-state index is -0.226. The van der Waals surface area contributed by atoms with E-state index >= 15 is 0 Å². The molecular formula is C8H11ClN2O. The van der Waals surface area contributed by atoms with Crippen LogP contribution in [0.1, 0.15) is 18.0 Å². The molecule has 0 aliphatic carbocycles. The van der Waals surface area contributed by atoms with Crippen LogP contribution >= 0.6 is 11.6 Å². The Hall–Kier alpha value is -0.640. The summed E-state index contributed by atoms with van der Waals surface area (Å²) in [6, 6.07) is 1.46. The molecule has 1 heterocycles. The van der Waals surface area contributed by atoms with E-state index in [2.05, 4.69) is 4.98 Å². The zero-order chi connectivity index (χ0) is 8.97.